The Kier molecular flexibility index (Phi) is 5.24. The molecule has 0 spiro atoms. The molecule has 0 aliphatic carbocycles. The van der Waals surface area contributed by atoms with Crippen LogP contribution in [0, 0.1) is 5.92 Å². The Balaban J connectivity index is 2.17. The Labute approximate surface area is 136 Å². The molecule has 1 amide bonds. The third-order valence-corrected chi connectivity index (χ3v) is 4.77. The van der Waals surface area contributed by atoms with Crippen LogP contribution in [0.25, 0.3) is 0 Å². The molecule has 1 atom stereocenters. The zero-order chi connectivity index (χ0) is 14.7. The molecule has 1 aromatic carbocycles. The Morgan fingerprint density at radius 1 is 1.30 bits per heavy atom. The first kappa shape index (κ1) is 15.5. The van der Waals surface area contributed by atoms with Crippen LogP contribution >= 0.6 is 38.9 Å². The van der Waals surface area contributed by atoms with Crippen molar-refractivity contribution in [1.29, 1.82) is 0 Å². The summed E-state index contributed by atoms with van der Waals surface area (Å²) < 4.78 is 0.954. The van der Waals surface area contributed by atoms with Crippen LogP contribution in [0.3, 0.4) is 0 Å². The fraction of sp³-hybridized carbons (Fsp3) is 0.267. The summed E-state index contributed by atoms with van der Waals surface area (Å²) in [4.78, 5) is 12.3. The second-order valence-electron chi connectivity index (χ2n) is 4.89. The number of benzene rings is 1. The smallest absolute Gasteiger partial charge is 0.252 e. The van der Waals surface area contributed by atoms with Gasteiger partial charge in [-0.05, 0) is 45.6 Å². The molecule has 5 heteroatoms. The number of carbonyl (C=O) groups is 1. The van der Waals surface area contributed by atoms with Gasteiger partial charge in [0, 0.05) is 10.4 Å². The monoisotopic (exact) mass is 371 g/mol. The molecule has 0 aliphatic rings. The quantitative estimate of drug-likeness (QED) is 0.776. The van der Waals surface area contributed by atoms with E-state index in [-0.39, 0.29) is 11.9 Å². The summed E-state index contributed by atoms with van der Waals surface area (Å²) >= 11 is 10.8. The first-order valence-corrected chi connectivity index (χ1v) is 8.33. The molecule has 0 aliphatic heterocycles. The van der Waals surface area contributed by atoms with E-state index >= 15 is 0 Å². The Bertz CT molecular complexity index is 594. The summed E-state index contributed by atoms with van der Waals surface area (Å²) in [6.07, 6.45) is 0. The first-order valence-electron chi connectivity index (χ1n) is 6.27. The van der Waals surface area contributed by atoms with Gasteiger partial charge in [0.25, 0.3) is 5.91 Å². The summed E-state index contributed by atoms with van der Waals surface area (Å²) in [6.45, 7) is 4.17. The fourth-order valence-corrected chi connectivity index (χ4v) is 3.22. The average Bonchev–Trinajstić information content (AvgIpc) is 2.83. The van der Waals surface area contributed by atoms with E-state index in [2.05, 4.69) is 35.1 Å². The SMILES string of the molecule is CC(C)C(NC(=O)c1csc(Br)c1)c1ccc(Cl)cc1. The van der Waals surface area contributed by atoms with Gasteiger partial charge in [-0.25, -0.2) is 0 Å². The number of halogens is 2. The maximum Gasteiger partial charge on any atom is 0.252 e. The average molecular weight is 373 g/mol. The number of amides is 1. The maximum absolute atomic E-state index is 12.3. The molecule has 2 rings (SSSR count). The zero-order valence-corrected chi connectivity index (χ0v) is 14.3. The standard InChI is InChI=1S/C15H15BrClNOS/c1-9(2)14(10-3-5-12(17)6-4-10)18-15(19)11-7-13(16)20-8-11/h3-9,14H,1-2H3,(H,18,19). The Hall–Kier alpha value is -0.840. The van der Waals surface area contributed by atoms with E-state index in [0.717, 1.165) is 9.35 Å². The topological polar surface area (TPSA) is 29.1 Å². The van der Waals surface area contributed by atoms with E-state index in [4.69, 9.17) is 11.6 Å². The van der Waals surface area contributed by atoms with Crippen molar-refractivity contribution in [1.82, 2.24) is 5.32 Å². The van der Waals surface area contributed by atoms with Crippen molar-refractivity contribution in [3.63, 3.8) is 0 Å². The van der Waals surface area contributed by atoms with Crippen LogP contribution in [-0.4, -0.2) is 5.91 Å². The summed E-state index contributed by atoms with van der Waals surface area (Å²) in [5.74, 6) is 0.239. The highest BCUT2D eigenvalue weighted by Gasteiger charge is 2.19. The molecule has 2 nitrogen and oxygen atoms in total. The molecular formula is C15H15BrClNOS. The third-order valence-electron chi connectivity index (χ3n) is 3.01. The predicted octanol–water partition coefficient (Wildman–Crippen LogP) is 5.29. The van der Waals surface area contributed by atoms with Crippen molar-refractivity contribution in [2.24, 2.45) is 5.92 Å². The molecule has 1 heterocycles. The maximum atomic E-state index is 12.3. The van der Waals surface area contributed by atoms with Gasteiger partial charge in [0.2, 0.25) is 0 Å². The third kappa shape index (κ3) is 3.84. The predicted molar refractivity (Wildman–Crippen MR) is 88.5 cm³/mol. The Morgan fingerprint density at radius 3 is 2.45 bits per heavy atom. The normalized spacial score (nSPS) is 12.4. The van der Waals surface area contributed by atoms with Crippen molar-refractivity contribution in [2.75, 3.05) is 0 Å². The molecule has 2 aromatic rings. The van der Waals surface area contributed by atoms with E-state index in [9.17, 15) is 4.79 Å². The molecule has 0 fully saturated rings. The zero-order valence-electron chi connectivity index (χ0n) is 11.2. The summed E-state index contributed by atoms with van der Waals surface area (Å²) in [5.41, 5.74) is 1.74. The van der Waals surface area contributed by atoms with E-state index < -0.39 is 0 Å². The number of nitrogens with one attached hydrogen (secondary N) is 1. The fourth-order valence-electron chi connectivity index (χ4n) is 1.96. The molecule has 1 aromatic heterocycles. The van der Waals surface area contributed by atoms with Gasteiger partial charge in [0.05, 0.1) is 15.4 Å². The van der Waals surface area contributed by atoms with Crippen LogP contribution in [0.4, 0.5) is 0 Å². The molecule has 20 heavy (non-hydrogen) atoms. The first-order chi connectivity index (χ1) is 9.47. The highest BCUT2D eigenvalue weighted by atomic mass is 79.9. The van der Waals surface area contributed by atoms with Gasteiger partial charge in [0.1, 0.15) is 0 Å². The molecule has 106 valence electrons. The minimum atomic E-state index is -0.0550. The van der Waals surface area contributed by atoms with E-state index in [0.29, 0.717) is 16.5 Å². The second-order valence-corrected chi connectivity index (χ2v) is 7.61. The number of hydrogen-bond donors (Lipinski definition) is 1. The van der Waals surface area contributed by atoms with Gasteiger partial charge >= 0.3 is 0 Å². The Morgan fingerprint density at radius 2 is 1.95 bits per heavy atom. The van der Waals surface area contributed by atoms with Crippen molar-refractivity contribution in [2.45, 2.75) is 19.9 Å². The lowest BCUT2D eigenvalue weighted by molar-refractivity contribution is 0.0926. The largest absolute Gasteiger partial charge is 0.345 e. The van der Waals surface area contributed by atoms with Gasteiger partial charge in [-0.2, -0.15) is 0 Å². The van der Waals surface area contributed by atoms with Gasteiger partial charge in [0.15, 0.2) is 0 Å². The van der Waals surface area contributed by atoms with Gasteiger partial charge in [-0.1, -0.05) is 37.6 Å². The van der Waals surface area contributed by atoms with Gasteiger partial charge in [-0.15, -0.1) is 11.3 Å². The van der Waals surface area contributed by atoms with Crippen molar-refractivity contribution in [3.05, 3.63) is 55.6 Å². The lowest BCUT2D eigenvalue weighted by Crippen LogP contribution is -2.31. The highest BCUT2D eigenvalue weighted by molar-refractivity contribution is 9.11. The van der Waals surface area contributed by atoms with Crippen LogP contribution in [-0.2, 0) is 0 Å². The minimum absolute atomic E-state index is 0.0292. The summed E-state index contributed by atoms with van der Waals surface area (Å²) in [5, 5.41) is 5.63. The molecule has 0 saturated heterocycles. The number of carbonyl (C=O) groups excluding carboxylic acids is 1. The highest BCUT2D eigenvalue weighted by Crippen LogP contribution is 2.25. The molecule has 0 saturated carbocycles. The number of thiophene rings is 1. The molecule has 1 unspecified atom stereocenters. The summed E-state index contributed by atoms with van der Waals surface area (Å²) in [6, 6.07) is 9.41. The molecule has 1 N–H and O–H groups in total. The van der Waals surface area contributed by atoms with Crippen molar-refractivity contribution < 1.29 is 4.79 Å². The summed E-state index contributed by atoms with van der Waals surface area (Å²) in [7, 11) is 0. The van der Waals surface area contributed by atoms with Crippen LogP contribution in [0.1, 0.15) is 35.8 Å². The minimum Gasteiger partial charge on any atom is -0.345 e. The lowest BCUT2D eigenvalue weighted by Gasteiger charge is -2.22. The van der Waals surface area contributed by atoms with Crippen LogP contribution in [0.5, 0.6) is 0 Å². The number of hydrogen-bond acceptors (Lipinski definition) is 2. The molecular weight excluding hydrogens is 358 g/mol. The van der Waals surface area contributed by atoms with E-state index in [1.165, 1.54) is 11.3 Å². The van der Waals surface area contributed by atoms with Crippen molar-refractivity contribution in [3.8, 4) is 0 Å². The van der Waals surface area contributed by atoms with Crippen LogP contribution < -0.4 is 5.32 Å². The van der Waals surface area contributed by atoms with E-state index in [1.807, 2.05) is 35.7 Å². The lowest BCUT2D eigenvalue weighted by atomic mass is 9.96. The van der Waals surface area contributed by atoms with Crippen LogP contribution in [0.15, 0.2) is 39.5 Å². The van der Waals surface area contributed by atoms with Crippen LogP contribution in [0.2, 0.25) is 5.02 Å². The second kappa shape index (κ2) is 6.74. The van der Waals surface area contributed by atoms with E-state index in [1.54, 1.807) is 0 Å². The van der Waals surface area contributed by atoms with Gasteiger partial charge < -0.3 is 5.32 Å². The number of rotatable bonds is 4. The van der Waals surface area contributed by atoms with Gasteiger partial charge in [-0.3, -0.25) is 4.79 Å². The molecule has 0 radical (unpaired) electrons. The molecule has 0 bridgehead atoms. The van der Waals surface area contributed by atoms with Crippen molar-refractivity contribution >= 4 is 44.8 Å².